The minimum atomic E-state index is 0.203. The molecule has 18 heavy (non-hydrogen) atoms. The van der Waals surface area contributed by atoms with Crippen LogP contribution in [0.2, 0.25) is 0 Å². The molecule has 0 heterocycles. The number of fused-ring (bicyclic) bond motifs is 1. The molecule has 0 bridgehead atoms. The molecular weight excluding hydrogens is 224 g/mol. The average molecular weight is 248 g/mol. The van der Waals surface area contributed by atoms with Crippen LogP contribution < -0.4 is 11.3 Å². The minimum Gasteiger partial charge on any atom is -0.377 e. The van der Waals surface area contributed by atoms with Gasteiger partial charge in [0.05, 0.1) is 18.8 Å². The quantitative estimate of drug-likeness (QED) is 0.621. The monoisotopic (exact) mass is 248 g/mol. The van der Waals surface area contributed by atoms with Gasteiger partial charge in [-0.05, 0) is 44.2 Å². The molecule has 0 amide bonds. The van der Waals surface area contributed by atoms with Crippen LogP contribution >= 0.6 is 0 Å². The van der Waals surface area contributed by atoms with E-state index in [9.17, 15) is 0 Å². The van der Waals surface area contributed by atoms with E-state index in [-0.39, 0.29) is 12.1 Å². The highest BCUT2D eigenvalue weighted by molar-refractivity contribution is 5.33. The predicted molar refractivity (Wildman–Crippen MR) is 74.3 cm³/mol. The van der Waals surface area contributed by atoms with Crippen molar-refractivity contribution in [3.63, 3.8) is 0 Å². The van der Waals surface area contributed by atoms with Crippen molar-refractivity contribution in [2.24, 2.45) is 5.84 Å². The molecule has 1 aromatic rings. The van der Waals surface area contributed by atoms with Gasteiger partial charge < -0.3 is 4.74 Å². The van der Waals surface area contributed by atoms with Crippen LogP contribution in [0.3, 0.4) is 0 Å². The second-order valence-corrected chi connectivity index (χ2v) is 5.35. The van der Waals surface area contributed by atoms with Gasteiger partial charge in [0.2, 0.25) is 0 Å². The Kier molecular flexibility index (Phi) is 4.75. The highest BCUT2D eigenvalue weighted by atomic mass is 16.5. The molecule has 0 saturated heterocycles. The number of aryl methyl sites for hydroxylation is 1. The zero-order valence-electron chi connectivity index (χ0n) is 11.4. The van der Waals surface area contributed by atoms with Crippen molar-refractivity contribution in [3.05, 3.63) is 35.4 Å². The van der Waals surface area contributed by atoms with E-state index < -0.39 is 0 Å². The number of nitrogens with one attached hydrogen (secondary N) is 1. The smallest absolute Gasteiger partial charge is 0.0642 e. The van der Waals surface area contributed by atoms with E-state index in [1.54, 1.807) is 0 Å². The summed E-state index contributed by atoms with van der Waals surface area (Å²) in [6, 6.07) is 8.91. The topological polar surface area (TPSA) is 47.3 Å². The molecular formula is C15H24N2O. The molecule has 0 radical (unpaired) electrons. The second kappa shape index (κ2) is 6.32. The maximum absolute atomic E-state index is 5.72. The molecule has 3 N–H and O–H groups in total. The first kappa shape index (κ1) is 13.5. The number of hydrogen-bond acceptors (Lipinski definition) is 3. The van der Waals surface area contributed by atoms with E-state index in [0.717, 1.165) is 0 Å². The number of benzene rings is 1. The molecule has 3 heteroatoms. The molecule has 2 atom stereocenters. The largest absolute Gasteiger partial charge is 0.377 e. The maximum Gasteiger partial charge on any atom is 0.0642 e. The third kappa shape index (κ3) is 3.10. The van der Waals surface area contributed by atoms with E-state index in [1.807, 2.05) is 0 Å². The zero-order chi connectivity index (χ0) is 13.0. The Bertz CT molecular complexity index is 379. The SMILES string of the molecule is CC(C)OCC(NN)C1CCCc2ccccc21. The first-order chi connectivity index (χ1) is 8.72. The number of hydrazine groups is 1. The first-order valence-corrected chi connectivity index (χ1v) is 6.88. The molecule has 1 aromatic carbocycles. The molecule has 0 fully saturated rings. The fraction of sp³-hybridized carbons (Fsp3) is 0.600. The summed E-state index contributed by atoms with van der Waals surface area (Å²) >= 11 is 0. The molecule has 2 unspecified atom stereocenters. The Morgan fingerprint density at radius 1 is 1.39 bits per heavy atom. The number of nitrogens with two attached hydrogens (primary N) is 1. The van der Waals surface area contributed by atoms with Gasteiger partial charge in [0.25, 0.3) is 0 Å². The van der Waals surface area contributed by atoms with Gasteiger partial charge in [0.1, 0.15) is 0 Å². The molecule has 100 valence electrons. The Hall–Kier alpha value is -0.900. The third-order valence-corrected chi connectivity index (χ3v) is 3.72. The summed E-state index contributed by atoms with van der Waals surface area (Å²) < 4.78 is 5.72. The third-order valence-electron chi connectivity index (χ3n) is 3.72. The molecule has 0 aromatic heterocycles. The van der Waals surface area contributed by atoms with E-state index in [0.29, 0.717) is 12.5 Å². The van der Waals surface area contributed by atoms with Crippen LogP contribution in [0.5, 0.6) is 0 Å². The van der Waals surface area contributed by atoms with Gasteiger partial charge >= 0.3 is 0 Å². The maximum atomic E-state index is 5.72. The van der Waals surface area contributed by atoms with Gasteiger partial charge in [-0.25, -0.2) is 0 Å². The lowest BCUT2D eigenvalue weighted by molar-refractivity contribution is 0.0541. The van der Waals surface area contributed by atoms with Crippen molar-refractivity contribution in [2.45, 2.75) is 51.2 Å². The van der Waals surface area contributed by atoms with Crippen LogP contribution in [-0.2, 0) is 11.2 Å². The number of ether oxygens (including phenoxy) is 1. The Labute approximate surface area is 110 Å². The van der Waals surface area contributed by atoms with E-state index in [4.69, 9.17) is 10.6 Å². The summed E-state index contributed by atoms with van der Waals surface area (Å²) in [5, 5.41) is 0. The fourth-order valence-corrected chi connectivity index (χ4v) is 2.79. The highest BCUT2D eigenvalue weighted by Gasteiger charge is 2.27. The van der Waals surface area contributed by atoms with Crippen molar-refractivity contribution >= 4 is 0 Å². The van der Waals surface area contributed by atoms with Gasteiger partial charge in [-0.2, -0.15) is 0 Å². The predicted octanol–water partition coefficient (Wildman–Crippen LogP) is 2.36. The Morgan fingerprint density at radius 3 is 2.89 bits per heavy atom. The molecule has 1 aliphatic rings. The number of hydrogen-bond donors (Lipinski definition) is 2. The Balaban J connectivity index is 2.12. The average Bonchev–Trinajstić information content (AvgIpc) is 2.39. The van der Waals surface area contributed by atoms with E-state index in [1.165, 1.54) is 30.4 Å². The lowest BCUT2D eigenvalue weighted by atomic mass is 9.79. The van der Waals surface area contributed by atoms with Crippen LogP contribution in [0, 0.1) is 0 Å². The van der Waals surface area contributed by atoms with Crippen molar-refractivity contribution in [2.75, 3.05) is 6.61 Å². The zero-order valence-corrected chi connectivity index (χ0v) is 11.4. The first-order valence-electron chi connectivity index (χ1n) is 6.88. The van der Waals surface area contributed by atoms with Crippen molar-refractivity contribution in [3.8, 4) is 0 Å². The van der Waals surface area contributed by atoms with Crippen LogP contribution in [0.4, 0.5) is 0 Å². The highest BCUT2D eigenvalue weighted by Crippen LogP contribution is 2.33. The summed E-state index contributed by atoms with van der Waals surface area (Å²) in [5.74, 6) is 6.19. The fourth-order valence-electron chi connectivity index (χ4n) is 2.79. The van der Waals surface area contributed by atoms with Crippen molar-refractivity contribution < 1.29 is 4.74 Å². The van der Waals surface area contributed by atoms with Gasteiger partial charge in [-0.15, -0.1) is 0 Å². The number of rotatable bonds is 5. The van der Waals surface area contributed by atoms with Crippen LogP contribution in [0.25, 0.3) is 0 Å². The lowest BCUT2D eigenvalue weighted by Gasteiger charge is -2.32. The van der Waals surface area contributed by atoms with E-state index >= 15 is 0 Å². The van der Waals surface area contributed by atoms with Gasteiger partial charge in [-0.1, -0.05) is 24.3 Å². The molecule has 0 spiro atoms. The Morgan fingerprint density at radius 2 is 2.17 bits per heavy atom. The van der Waals surface area contributed by atoms with Crippen molar-refractivity contribution in [1.82, 2.24) is 5.43 Å². The molecule has 0 saturated carbocycles. The summed E-state index contributed by atoms with van der Waals surface area (Å²) in [4.78, 5) is 0. The van der Waals surface area contributed by atoms with Gasteiger partial charge in [0.15, 0.2) is 0 Å². The normalized spacial score (nSPS) is 20.8. The summed E-state index contributed by atoms with van der Waals surface area (Å²) in [7, 11) is 0. The summed E-state index contributed by atoms with van der Waals surface area (Å²) in [5.41, 5.74) is 5.86. The standard InChI is InChI=1S/C15H24N2O/c1-11(2)18-10-15(17-16)14-9-5-7-12-6-3-4-8-13(12)14/h3-4,6,8,11,14-15,17H,5,7,9-10,16H2,1-2H3. The molecule has 3 nitrogen and oxygen atoms in total. The van der Waals surface area contributed by atoms with Crippen LogP contribution in [0.1, 0.15) is 43.7 Å². The minimum absolute atomic E-state index is 0.203. The second-order valence-electron chi connectivity index (χ2n) is 5.35. The van der Waals surface area contributed by atoms with Crippen LogP contribution in [0.15, 0.2) is 24.3 Å². The summed E-state index contributed by atoms with van der Waals surface area (Å²) in [6.07, 6.45) is 3.86. The summed E-state index contributed by atoms with van der Waals surface area (Å²) in [6.45, 7) is 4.79. The van der Waals surface area contributed by atoms with E-state index in [2.05, 4.69) is 43.5 Å². The lowest BCUT2D eigenvalue weighted by Crippen LogP contribution is -2.44. The van der Waals surface area contributed by atoms with Crippen molar-refractivity contribution in [1.29, 1.82) is 0 Å². The van der Waals surface area contributed by atoms with Crippen LogP contribution in [-0.4, -0.2) is 18.8 Å². The molecule has 1 aliphatic carbocycles. The van der Waals surface area contributed by atoms with Gasteiger partial charge in [-0.3, -0.25) is 11.3 Å². The van der Waals surface area contributed by atoms with Gasteiger partial charge in [0, 0.05) is 5.92 Å². The molecule has 2 rings (SSSR count). The molecule has 0 aliphatic heterocycles.